The number of anilines is 1. The van der Waals surface area contributed by atoms with Crippen molar-refractivity contribution in [2.24, 2.45) is 5.92 Å². The number of hydrogen-bond donors (Lipinski definition) is 0. The van der Waals surface area contributed by atoms with Gasteiger partial charge in [0, 0.05) is 29.8 Å². The summed E-state index contributed by atoms with van der Waals surface area (Å²) in [4.78, 5) is 23.7. The maximum Gasteiger partial charge on any atom is 0.228 e. The molecule has 112 valence electrons. The second-order valence-electron chi connectivity index (χ2n) is 6.25. The van der Waals surface area contributed by atoms with Crippen LogP contribution in [0.2, 0.25) is 0 Å². The average Bonchev–Trinajstić information content (AvgIpc) is 3.35. The van der Waals surface area contributed by atoms with Crippen LogP contribution in [0.3, 0.4) is 0 Å². The Balaban J connectivity index is 1.80. The molecule has 2 heterocycles. The number of aromatic nitrogens is 2. The third-order valence-corrected chi connectivity index (χ3v) is 4.51. The molecule has 1 amide bonds. The number of carbonyl (C=O) groups excluding carboxylic acids is 1. The minimum Gasteiger partial charge on any atom is -0.296 e. The van der Waals surface area contributed by atoms with Gasteiger partial charge in [0.25, 0.3) is 0 Å². The molecule has 0 bridgehead atoms. The van der Waals surface area contributed by atoms with Gasteiger partial charge >= 0.3 is 0 Å². The lowest BCUT2D eigenvalue weighted by Crippen LogP contribution is -2.38. The summed E-state index contributed by atoms with van der Waals surface area (Å²) in [6.45, 7) is 2.84. The highest BCUT2D eigenvalue weighted by Crippen LogP contribution is 2.35. The summed E-state index contributed by atoms with van der Waals surface area (Å²) in [7, 11) is 0. The van der Waals surface area contributed by atoms with Crippen molar-refractivity contribution in [3.63, 3.8) is 0 Å². The van der Waals surface area contributed by atoms with Crippen molar-refractivity contribution in [3.8, 4) is 11.4 Å². The van der Waals surface area contributed by atoms with E-state index in [4.69, 9.17) is 4.98 Å². The molecule has 0 unspecified atom stereocenters. The molecule has 1 fully saturated rings. The maximum absolute atomic E-state index is 12.3. The lowest BCUT2D eigenvalue weighted by Gasteiger charge is -2.29. The number of benzene rings is 1. The van der Waals surface area contributed by atoms with Crippen LogP contribution in [-0.4, -0.2) is 22.4 Å². The molecule has 1 aliphatic carbocycles. The number of fused-ring (bicyclic) bond motifs is 1. The fourth-order valence-corrected chi connectivity index (χ4v) is 3.05. The molecule has 0 spiro atoms. The van der Waals surface area contributed by atoms with Crippen molar-refractivity contribution >= 4 is 11.7 Å². The standard InChI is InChI=1S/C18H19N3O/c1-12-15-9-10-16(22)21(11-13-7-8-13)18(15)20-17(19-12)14-5-3-2-4-6-14/h2-6,13H,7-11H2,1H3. The largest absolute Gasteiger partial charge is 0.296 e. The van der Waals surface area contributed by atoms with Crippen LogP contribution in [0.1, 0.15) is 30.5 Å². The minimum absolute atomic E-state index is 0.205. The summed E-state index contributed by atoms with van der Waals surface area (Å²) in [5, 5.41) is 0. The van der Waals surface area contributed by atoms with Crippen LogP contribution in [0.15, 0.2) is 30.3 Å². The van der Waals surface area contributed by atoms with Gasteiger partial charge in [-0.2, -0.15) is 0 Å². The molecule has 1 aromatic carbocycles. The molecule has 0 atom stereocenters. The predicted octanol–water partition coefficient (Wildman–Crippen LogP) is 3.14. The zero-order chi connectivity index (χ0) is 15.1. The fraction of sp³-hybridized carbons (Fsp3) is 0.389. The number of hydrogen-bond acceptors (Lipinski definition) is 3. The molecule has 4 nitrogen and oxygen atoms in total. The Hall–Kier alpha value is -2.23. The van der Waals surface area contributed by atoms with E-state index in [1.165, 1.54) is 12.8 Å². The zero-order valence-corrected chi connectivity index (χ0v) is 12.7. The van der Waals surface area contributed by atoms with Crippen molar-refractivity contribution in [3.05, 3.63) is 41.6 Å². The van der Waals surface area contributed by atoms with Gasteiger partial charge in [0.05, 0.1) is 0 Å². The highest BCUT2D eigenvalue weighted by Gasteiger charge is 2.33. The van der Waals surface area contributed by atoms with Gasteiger partial charge in [0.2, 0.25) is 5.91 Å². The van der Waals surface area contributed by atoms with E-state index in [-0.39, 0.29) is 5.91 Å². The first-order chi connectivity index (χ1) is 10.7. The third kappa shape index (κ3) is 2.39. The Morgan fingerprint density at radius 1 is 1.14 bits per heavy atom. The summed E-state index contributed by atoms with van der Waals surface area (Å²) in [5.41, 5.74) is 3.13. The Bertz CT molecular complexity index is 723. The molecule has 4 heteroatoms. The first-order valence-electron chi connectivity index (χ1n) is 7.95. The first kappa shape index (κ1) is 13.4. The lowest BCUT2D eigenvalue weighted by atomic mass is 10.0. The third-order valence-electron chi connectivity index (χ3n) is 4.51. The Morgan fingerprint density at radius 3 is 2.64 bits per heavy atom. The molecule has 1 aliphatic heterocycles. The van der Waals surface area contributed by atoms with Gasteiger partial charge < -0.3 is 0 Å². The van der Waals surface area contributed by atoms with E-state index in [1.807, 2.05) is 42.2 Å². The number of nitrogens with zero attached hydrogens (tertiary/aromatic N) is 3. The van der Waals surface area contributed by atoms with Crippen LogP contribution in [0, 0.1) is 12.8 Å². The van der Waals surface area contributed by atoms with Gasteiger partial charge in [0.15, 0.2) is 5.82 Å². The molecule has 0 N–H and O–H groups in total. The minimum atomic E-state index is 0.205. The Kier molecular flexibility index (Phi) is 3.17. The van der Waals surface area contributed by atoms with E-state index in [9.17, 15) is 4.79 Å². The molecular weight excluding hydrogens is 274 g/mol. The zero-order valence-electron chi connectivity index (χ0n) is 12.7. The van der Waals surface area contributed by atoms with Gasteiger partial charge in [-0.3, -0.25) is 9.69 Å². The quantitative estimate of drug-likeness (QED) is 0.873. The Morgan fingerprint density at radius 2 is 1.91 bits per heavy atom. The van der Waals surface area contributed by atoms with E-state index >= 15 is 0 Å². The van der Waals surface area contributed by atoms with E-state index in [0.717, 1.165) is 35.6 Å². The second kappa shape index (κ2) is 5.20. The molecular formula is C18H19N3O. The summed E-state index contributed by atoms with van der Waals surface area (Å²) in [6.07, 6.45) is 3.80. The van der Waals surface area contributed by atoms with Crippen molar-refractivity contribution in [1.29, 1.82) is 0 Å². The molecule has 2 aromatic rings. The molecule has 1 aromatic heterocycles. The molecule has 0 radical (unpaired) electrons. The van der Waals surface area contributed by atoms with E-state index in [0.29, 0.717) is 18.2 Å². The molecule has 22 heavy (non-hydrogen) atoms. The van der Waals surface area contributed by atoms with Gasteiger partial charge in [-0.25, -0.2) is 9.97 Å². The van der Waals surface area contributed by atoms with Crippen LogP contribution < -0.4 is 4.90 Å². The van der Waals surface area contributed by atoms with Crippen LogP contribution >= 0.6 is 0 Å². The summed E-state index contributed by atoms with van der Waals surface area (Å²) < 4.78 is 0. The highest BCUT2D eigenvalue weighted by molar-refractivity contribution is 5.95. The smallest absolute Gasteiger partial charge is 0.228 e. The normalized spacial score (nSPS) is 17.5. The van der Waals surface area contributed by atoms with E-state index in [1.54, 1.807) is 0 Å². The van der Waals surface area contributed by atoms with Crippen molar-refractivity contribution in [2.75, 3.05) is 11.4 Å². The number of aryl methyl sites for hydroxylation is 1. The molecule has 4 rings (SSSR count). The molecule has 1 saturated carbocycles. The summed E-state index contributed by atoms with van der Waals surface area (Å²) in [6, 6.07) is 9.98. The number of amides is 1. The Labute approximate surface area is 130 Å². The molecule has 2 aliphatic rings. The maximum atomic E-state index is 12.3. The fourth-order valence-electron chi connectivity index (χ4n) is 3.05. The molecule has 0 saturated heterocycles. The number of carbonyl (C=O) groups is 1. The highest BCUT2D eigenvalue weighted by atomic mass is 16.2. The number of rotatable bonds is 3. The van der Waals surface area contributed by atoms with Crippen molar-refractivity contribution in [2.45, 2.75) is 32.6 Å². The van der Waals surface area contributed by atoms with Crippen LogP contribution in [0.4, 0.5) is 5.82 Å². The van der Waals surface area contributed by atoms with Gasteiger partial charge in [-0.05, 0) is 32.1 Å². The van der Waals surface area contributed by atoms with Crippen LogP contribution in [0.5, 0.6) is 0 Å². The first-order valence-corrected chi connectivity index (χ1v) is 7.95. The SMILES string of the molecule is Cc1nc(-c2ccccc2)nc2c1CCC(=O)N2CC1CC1. The topological polar surface area (TPSA) is 46.1 Å². The average molecular weight is 293 g/mol. The van der Waals surface area contributed by atoms with E-state index in [2.05, 4.69) is 4.98 Å². The monoisotopic (exact) mass is 293 g/mol. The van der Waals surface area contributed by atoms with Crippen LogP contribution in [-0.2, 0) is 11.2 Å². The van der Waals surface area contributed by atoms with Crippen LogP contribution in [0.25, 0.3) is 11.4 Å². The van der Waals surface area contributed by atoms with Gasteiger partial charge in [0.1, 0.15) is 5.82 Å². The van der Waals surface area contributed by atoms with E-state index < -0.39 is 0 Å². The second-order valence-corrected chi connectivity index (χ2v) is 6.25. The summed E-state index contributed by atoms with van der Waals surface area (Å²) >= 11 is 0. The van der Waals surface area contributed by atoms with Gasteiger partial charge in [-0.1, -0.05) is 30.3 Å². The lowest BCUT2D eigenvalue weighted by molar-refractivity contribution is -0.119. The van der Waals surface area contributed by atoms with Crippen molar-refractivity contribution in [1.82, 2.24) is 9.97 Å². The predicted molar refractivity (Wildman–Crippen MR) is 85.6 cm³/mol. The summed E-state index contributed by atoms with van der Waals surface area (Å²) in [5.74, 6) is 2.42. The van der Waals surface area contributed by atoms with Crippen molar-refractivity contribution < 1.29 is 4.79 Å². The van der Waals surface area contributed by atoms with Gasteiger partial charge in [-0.15, -0.1) is 0 Å².